The van der Waals surface area contributed by atoms with E-state index in [0.717, 1.165) is 6.07 Å². The highest BCUT2D eigenvalue weighted by atomic mass is 19.3. The summed E-state index contributed by atoms with van der Waals surface area (Å²) in [6.07, 6.45) is -2.67. The molecule has 2 aromatic rings. The Morgan fingerprint density at radius 2 is 2.04 bits per heavy atom. The summed E-state index contributed by atoms with van der Waals surface area (Å²) < 4.78 is 50.8. The molecule has 1 aromatic carbocycles. The van der Waals surface area contributed by atoms with Gasteiger partial charge in [0.1, 0.15) is 18.0 Å². The lowest BCUT2D eigenvalue weighted by molar-refractivity contribution is -0.117. The molecule has 0 unspecified atom stereocenters. The molecular weight excluding hydrogens is 365 g/mol. The van der Waals surface area contributed by atoms with E-state index in [1.807, 2.05) is 0 Å². The number of nitrogens with zero attached hydrogens (tertiary/aromatic N) is 2. The van der Waals surface area contributed by atoms with E-state index in [4.69, 9.17) is 15.2 Å². The molecule has 0 saturated carbocycles. The van der Waals surface area contributed by atoms with Crippen LogP contribution in [0.2, 0.25) is 0 Å². The summed E-state index contributed by atoms with van der Waals surface area (Å²) in [7, 11) is 0. The quantitative estimate of drug-likeness (QED) is 0.762. The summed E-state index contributed by atoms with van der Waals surface area (Å²) in [4.78, 5) is 19.4. The van der Waals surface area contributed by atoms with Crippen LogP contribution in [0.4, 0.5) is 19.0 Å². The predicted octanol–water partition coefficient (Wildman–Crippen LogP) is 2.24. The maximum atomic E-state index is 14.2. The molecule has 27 heavy (non-hydrogen) atoms. The van der Waals surface area contributed by atoms with E-state index in [1.54, 1.807) is 0 Å². The van der Waals surface area contributed by atoms with E-state index in [1.165, 1.54) is 18.5 Å². The van der Waals surface area contributed by atoms with Crippen LogP contribution in [0.15, 0.2) is 24.5 Å². The van der Waals surface area contributed by atoms with Crippen molar-refractivity contribution in [2.24, 2.45) is 5.73 Å². The molecule has 1 saturated heterocycles. The van der Waals surface area contributed by atoms with Crippen molar-refractivity contribution in [2.45, 2.75) is 25.7 Å². The van der Waals surface area contributed by atoms with Gasteiger partial charge in [-0.05, 0) is 0 Å². The lowest BCUT2D eigenvalue weighted by Gasteiger charge is -2.18. The fourth-order valence-corrected chi connectivity index (χ4v) is 2.74. The molecule has 0 atom stereocenters. The van der Waals surface area contributed by atoms with Crippen molar-refractivity contribution in [1.29, 1.82) is 0 Å². The molecule has 0 spiro atoms. The van der Waals surface area contributed by atoms with Gasteiger partial charge < -0.3 is 20.5 Å². The summed E-state index contributed by atoms with van der Waals surface area (Å²) >= 11 is 0. The third-order valence-corrected chi connectivity index (χ3v) is 3.96. The molecule has 2 heterocycles. The zero-order valence-electron chi connectivity index (χ0n) is 14.1. The van der Waals surface area contributed by atoms with Gasteiger partial charge in [0, 0.05) is 12.1 Å². The van der Waals surface area contributed by atoms with Crippen molar-refractivity contribution < 1.29 is 27.4 Å². The van der Waals surface area contributed by atoms with E-state index in [9.17, 15) is 18.0 Å². The van der Waals surface area contributed by atoms with Gasteiger partial charge in [-0.15, -0.1) is 0 Å². The lowest BCUT2D eigenvalue weighted by atomic mass is 10.1. The predicted molar refractivity (Wildman–Crippen MR) is 88.3 cm³/mol. The lowest BCUT2D eigenvalue weighted by Crippen LogP contribution is -2.19. The zero-order chi connectivity index (χ0) is 19.4. The Labute approximate surface area is 152 Å². The molecule has 3 rings (SSSR count). The number of hydrogen-bond acceptors (Lipinski definition) is 6. The summed E-state index contributed by atoms with van der Waals surface area (Å²) in [5.41, 5.74) is 5.31. The third kappa shape index (κ3) is 4.34. The van der Waals surface area contributed by atoms with Crippen molar-refractivity contribution in [3.8, 4) is 0 Å². The molecule has 1 aromatic heterocycles. The Morgan fingerprint density at radius 1 is 1.30 bits per heavy atom. The highest BCUT2D eigenvalue weighted by Gasteiger charge is 2.27. The average Bonchev–Trinajstić information content (AvgIpc) is 3.14. The minimum atomic E-state index is -2.91. The maximum absolute atomic E-state index is 14.2. The number of halogens is 3. The average molecular weight is 382 g/mol. The smallest absolute Gasteiger partial charge is 0.266 e. The van der Waals surface area contributed by atoms with Crippen molar-refractivity contribution in [1.82, 2.24) is 9.97 Å². The van der Waals surface area contributed by atoms with Crippen LogP contribution in [0.1, 0.15) is 35.1 Å². The molecule has 10 heteroatoms. The number of carbonyl (C=O) groups is 1. The first kappa shape index (κ1) is 19.1. The van der Waals surface area contributed by atoms with E-state index in [0.29, 0.717) is 24.5 Å². The van der Waals surface area contributed by atoms with Gasteiger partial charge in [0.25, 0.3) is 6.43 Å². The van der Waals surface area contributed by atoms with E-state index >= 15 is 0 Å². The van der Waals surface area contributed by atoms with Crippen LogP contribution in [-0.2, 0) is 27.2 Å². The summed E-state index contributed by atoms with van der Waals surface area (Å²) in [5.74, 6) is -1.34. The first-order valence-corrected chi connectivity index (χ1v) is 8.12. The molecule has 3 N–H and O–H groups in total. The molecule has 0 radical (unpaired) electrons. The van der Waals surface area contributed by atoms with Crippen LogP contribution in [0.5, 0.6) is 0 Å². The minimum absolute atomic E-state index is 0.0436. The largest absolute Gasteiger partial charge is 0.369 e. The second-order valence-corrected chi connectivity index (χ2v) is 5.77. The van der Waals surface area contributed by atoms with E-state index in [2.05, 4.69) is 15.3 Å². The number of hydrogen-bond donors (Lipinski definition) is 2. The molecule has 7 nitrogen and oxygen atoms in total. The van der Waals surface area contributed by atoms with Crippen molar-refractivity contribution >= 4 is 11.7 Å². The van der Waals surface area contributed by atoms with Gasteiger partial charge in [0.2, 0.25) is 5.91 Å². The molecule has 1 amide bonds. The van der Waals surface area contributed by atoms with Crippen molar-refractivity contribution in [3.05, 3.63) is 52.7 Å². The number of rotatable bonds is 7. The summed E-state index contributed by atoms with van der Waals surface area (Å²) in [6.45, 7) is 0.583. The van der Waals surface area contributed by atoms with Crippen LogP contribution in [0.25, 0.3) is 0 Å². The SMILES string of the molecule is NC(=O)Cc1ncnc(NCc2cccc(C(F)F)c2F)c1C1OCCO1. The van der Waals surface area contributed by atoms with E-state index < -0.39 is 30.0 Å². The van der Waals surface area contributed by atoms with Crippen molar-refractivity contribution in [3.63, 3.8) is 0 Å². The van der Waals surface area contributed by atoms with Gasteiger partial charge in [-0.2, -0.15) is 0 Å². The molecule has 1 aliphatic rings. The van der Waals surface area contributed by atoms with Crippen LogP contribution in [0.3, 0.4) is 0 Å². The standard InChI is InChI=1S/C17H17F3N4O3/c18-14-9(2-1-3-10(14)15(19)20)7-22-16-13(17-26-4-5-27-17)11(6-12(21)25)23-8-24-16/h1-3,8,15,17H,4-7H2,(H2,21,25)(H,22,23,24). The van der Waals surface area contributed by atoms with Gasteiger partial charge in [0.15, 0.2) is 6.29 Å². The molecular formula is C17H17F3N4O3. The summed E-state index contributed by atoms with van der Waals surface area (Å²) in [5, 5.41) is 2.88. The normalized spacial score (nSPS) is 14.7. The van der Waals surface area contributed by atoms with Crippen LogP contribution in [0, 0.1) is 5.82 Å². The number of carbonyl (C=O) groups excluding carboxylic acids is 1. The fourth-order valence-electron chi connectivity index (χ4n) is 2.74. The van der Waals surface area contributed by atoms with E-state index in [-0.39, 0.29) is 24.3 Å². The second-order valence-electron chi connectivity index (χ2n) is 5.77. The first-order chi connectivity index (χ1) is 13.0. The Morgan fingerprint density at radius 3 is 2.70 bits per heavy atom. The number of benzene rings is 1. The molecule has 0 aliphatic carbocycles. The molecule has 1 fully saturated rings. The van der Waals surface area contributed by atoms with Crippen LogP contribution < -0.4 is 11.1 Å². The third-order valence-electron chi connectivity index (χ3n) is 3.96. The number of primary amides is 1. The molecule has 0 bridgehead atoms. The number of alkyl halides is 2. The fraction of sp³-hybridized carbons (Fsp3) is 0.353. The highest BCUT2D eigenvalue weighted by molar-refractivity contribution is 5.77. The monoisotopic (exact) mass is 382 g/mol. The molecule has 1 aliphatic heterocycles. The maximum Gasteiger partial charge on any atom is 0.266 e. The molecule has 144 valence electrons. The van der Waals surface area contributed by atoms with Crippen molar-refractivity contribution in [2.75, 3.05) is 18.5 Å². The highest BCUT2D eigenvalue weighted by Crippen LogP contribution is 2.31. The van der Waals surface area contributed by atoms with Crippen LogP contribution >= 0.6 is 0 Å². The van der Waals surface area contributed by atoms with Gasteiger partial charge in [-0.25, -0.2) is 23.1 Å². The number of aromatic nitrogens is 2. The summed E-state index contributed by atoms with van der Waals surface area (Å²) in [6, 6.07) is 3.77. The number of anilines is 1. The Hall–Kier alpha value is -2.72. The number of nitrogens with two attached hydrogens (primary N) is 1. The second kappa shape index (κ2) is 8.31. The topological polar surface area (TPSA) is 99.4 Å². The Balaban J connectivity index is 1.88. The first-order valence-electron chi connectivity index (χ1n) is 8.12. The minimum Gasteiger partial charge on any atom is -0.369 e. The van der Waals surface area contributed by atoms with Crippen LogP contribution in [-0.4, -0.2) is 29.1 Å². The zero-order valence-corrected chi connectivity index (χ0v) is 14.1. The Bertz CT molecular complexity index is 829. The Kier molecular flexibility index (Phi) is 5.87. The number of amides is 1. The van der Waals surface area contributed by atoms with Gasteiger partial charge >= 0.3 is 0 Å². The number of ether oxygens (including phenoxy) is 2. The van der Waals surface area contributed by atoms with Gasteiger partial charge in [-0.3, -0.25) is 4.79 Å². The number of nitrogens with one attached hydrogen (secondary N) is 1. The van der Waals surface area contributed by atoms with Gasteiger partial charge in [-0.1, -0.05) is 18.2 Å². The van der Waals surface area contributed by atoms with Gasteiger partial charge in [0.05, 0.1) is 36.5 Å².